The van der Waals surface area contributed by atoms with Crippen LogP contribution in [-0.2, 0) is 16.0 Å². The summed E-state index contributed by atoms with van der Waals surface area (Å²) >= 11 is 1.18. The molecule has 0 saturated carbocycles. The van der Waals surface area contributed by atoms with Crippen molar-refractivity contribution in [3.63, 3.8) is 0 Å². The Morgan fingerprint density at radius 1 is 1.24 bits per heavy atom. The molecule has 1 fully saturated rings. The molecular weight excluding hydrogens is 510 g/mol. The quantitative estimate of drug-likeness (QED) is 0.345. The molecule has 11 heteroatoms. The number of carbonyl (C=O) groups excluding carboxylic acids is 1. The van der Waals surface area contributed by atoms with Gasteiger partial charge in [-0.15, -0.1) is 0 Å². The van der Waals surface area contributed by atoms with Crippen LogP contribution in [0.2, 0.25) is 0 Å². The SMILES string of the molecule is CCN(c1nc(-c2ccc(F)cc2)c(C#N)s1)c1cc(CC(=O)OC)nc2c(F)cc(N3CC(N)C3)cc12. The molecule has 0 unspecified atom stereocenters. The number of esters is 1. The Morgan fingerprint density at radius 3 is 2.61 bits per heavy atom. The van der Waals surface area contributed by atoms with Crippen LogP contribution in [0.4, 0.5) is 25.3 Å². The van der Waals surface area contributed by atoms with Crippen molar-refractivity contribution in [2.45, 2.75) is 19.4 Å². The lowest BCUT2D eigenvalue weighted by atomic mass is 10.0. The fourth-order valence-corrected chi connectivity index (χ4v) is 5.42. The summed E-state index contributed by atoms with van der Waals surface area (Å²) in [5, 5.41) is 10.8. The number of ether oxygens (including phenoxy) is 1. The van der Waals surface area contributed by atoms with E-state index in [2.05, 4.69) is 11.1 Å². The molecule has 0 radical (unpaired) electrons. The third-order valence-electron chi connectivity index (χ3n) is 6.38. The highest BCUT2D eigenvalue weighted by Gasteiger charge is 2.27. The van der Waals surface area contributed by atoms with Gasteiger partial charge in [0.2, 0.25) is 0 Å². The van der Waals surface area contributed by atoms with Crippen LogP contribution >= 0.6 is 11.3 Å². The Bertz CT molecular complexity index is 1560. The van der Waals surface area contributed by atoms with Crippen molar-refractivity contribution in [1.29, 1.82) is 5.26 Å². The Hall–Kier alpha value is -4.14. The molecule has 1 aliphatic heterocycles. The molecule has 1 aliphatic rings. The van der Waals surface area contributed by atoms with Crippen LogP contribution in [-0.4, -0.2) is 48.7 Å². The molecule has 8 nitrogen and oxygen atoms in total. The molecule has 2 aromatic heterocycles. The van der Waals surface area contributed by atoms with Crippen molar-refractivity contribution in [3.8, 4) is 17.3 Å². The summed E-state index contributed by atoms with van der Waals surface area (Å²) in [4.78, 5) is 25.4. The normalized spacial score (nSPS) is 13.3. The van der Waals surface area contributed by atoms with E-state index in [0.717, 1.165) is 0 Å². The van der Waals surface area contributed by atoms with Crippen LogP contribution in [0.15, 0.2) is 42.5 Å². The number of thiazole rings is 1. The number of nitriles is 1. The number of aromatic nitrogens is 2. The first-order valence-corrected chi connectivity index (χ1v) is 12.8. The van der Waals surface area contributed by atoms with Gasteiger partial charge >= 0.3 is 5.97 Å². The number of anilines is 3. The molecule has 1 saturated heterocycles. The Balaban J connectivity index is 1.67. The van der Waals surface area contributed by atoms with E-state index in [-0.39, 0.29) is 23.8 Å². The van der Waals surface area contributed by atoms with Gasteiger partial charge in [0.25, 0.3) is 0 Å². The number of nitrogens with zero attached hydrogens (tertiary/aromatic N) is 5. The van der Waals surface area contributed by atoms with Crippen molar-refractivity contribution < 1.29 is 18.3 Å². The number of benzene rings is 2. The summed E-state index contributed by atoms with van der Waals surface area (Å²) in [7, 11) is 1.28. The zero-order chi connectivity index (χ0) is 27.0. The number of halogens is 2. The smallest absolute Gasteiger partial charge is 0.311 e. The van der Waals surface area contributed by atoms with E-state index in [1.54, 1.807) is 18.2 Å². The lowest BCUT2D eigenvalue weighted by Gasteiger charge is -2.39. The average molecular weight is 535 g/mol. The van der Waals surface area contributed by atoms with Crippen molar-refractivity contribution in [3.05, 3.63) is 64.7 Å². The maximum absolute atomic E-state index is 15.4. The largest absolute Gasteiger partial charge is 0.469 e. The molecule has 0 aliphatic carbocycles. The highest BCUT2D eigenvalue weighted by Crippen LogP contribution is 2.40. The van der Waals surface area contributed by atoms with E-state index < -0.39 is 11.8 Å². The van der Waals surface area contributed by atoms with Crippen molar-refractivity contribution in [1.82, 2.24) is 9.97 Å². The number of methoxy groups -OCH3 is 1. The van der Waals surface area contributed by atoms with Crippen LogP contribution in [0.3, 0.4) is 0 Å². The van der Waals surface area contributed by atoms with E-state index in [1.165, 1.54) is 36.6 Å². The predicted molar refractivity (Wildman–Crippen MR) is 143 cm³/mol. The zero-order valence-electron chi connectivity index (χ0n) is 20.7. The number of pyridine rings is 1. The Morgan fingerprint density at radius 2 is 1.97 bits per heavy atom. The summed E-state index contributed by atoms with van der Waals surface area (Å²) in [6.45, 7) is 3.57. The van der Waals surface area contributed by atoms with E-state index in [0.29, 0.717) is 63.4 Å². The fraction of sp³-hybridized carbons (Fsp3) is 0.259. The molecule has 194 valence electrons. The Labute approximate surface area is 221 Å². The van der Waals surface area contributed by atoms with Gasteiger partial charge in [0.05, 0.1) is 24.9 Å². The third-order valence-corrected chi connectivity index (χ3v) is 7.37. The van der Waals surface area contributed by atoms with Gasteiger partial charge in [-0.3, -0.25) is 4.79 Å². The highest BCUT2D eigenvalue weighted by atomic mass is 32.1. The predicted octanol–water partition coefficient (Wildman–Crippen LogP) is 4.53. The molecule has 0 atom stereocenters. The minimum atomic E-state index is -0.522. The second kappa shape index (κ2) is 10.3. The van der Waals surface area contributed by atoms with E-state index in [1.807, 2.05) is 22.8 Å². The topological polar surface area (TPSA) is 108 Å². The van der Waals surface area contributed by atoms with Crippen LogP contribution in [0.1, 0.15) is 17.5 Å². The van der Waals surface area contributed by atoms with E-state index in [4.69, 9.17) is 15.5 Å². The number of nitrogens with two attached hydrogens (primary N) is 1. The standard InChI is InChI=1S/C27H24F2N6O2S/c1-3-35(27-33-25(23(12-30)38-27)15-4-6-16(28)7-5-15)22-8-18(9-24(36)37-2)32-26-20(22)10-19(11-21(26)29)34-13-17(31)14-34/h4-8,10-11,17H,3,9,13-14,31H2,1-2H3. The molecule has 2 N–H and O–H groups in total. The van der Waals surface area contributed by atoms with Gasteiger partial charge in [-0.1, -0.05) is 11.3 Å². The summed E-state index contributed by atoms with van der Waals surface area (Å²) in [5.41, 5.74) is 8.71. The van der Waals surface area contributed by atoms with Gasteiger partial charge < -0.3 is 20.3 Å². The first-order valence-electron chi connectivity index (χ1n) is 12.0. The molecule has 0 spiro atoms. The molecule has 5 rings (SSSR count). The minimum absolute atomic E-state index is 0.0329. The average Bonchev–Trinajstić information content (AvgIpc) is 3.32. The molecule has 3 heterocycles. The van der Waals surface area contributed by atoms with Crippen LogP contribution < -0.4 is 15.5 Å². The first kappa shape index (κ1) is 25.5. The second-order valence-electron chi connectivity index (χ2n) is 8.91. The van der Waals surface area contributed by atoms with Gasteiger partial charge in [0, 0.05) is 42.3 Å². The lowest BCUT2D eigenvalue weighted by Crippen LogP contribution is -2.55. The fourth-order valence-electron chi connectivity index (χ4n) is 4.46. The summed E-state index contributed by atoms with van der Waals surface area (Å²) in [5.74, 6) is -1.41. The molecule has 2 aromatic carbocycles. The number of fused-ring (bicyclic) bond motifs is 1. The minimum Gasteiger partial charge on any atom is -0.469 e. The zero-order valence-corrected chi connectivity index (χ0v) is 21.6. The molecule has 0 amide bonds. The van der Waals surface area contributed by atoms with Crippen LogP contribution in [0.25, 0.3) is 22.2 Å². The maximum Gasteiger partial charge on any atom is 0.311 e. The van der Waals surface area contributed by atoms with Crippen molar-refractivity contribution in [2.75, 3.05) is 36.5 Å². The number of carbonyl (C=O) groups is 1. The van der Waals surface area contributed by atoms with Gasteiger partial charge in [-0.2, -0.15) is 5.26 Å². The van der Waals surface area contributed by atoms with Crippen LogP contribution in [0.5, 0.6) is 0 Å². The highest BCUT2D eigenvalue weighted by molar-refractivity contribution is 7.16. The monoisotopic (exact) mass is 534 g/mol. The summed E-state index contributed by atoms with van der Waals surface area (Å²) < 4.78 is 33.8. The summed E-state index contributed by atoms with van der Waals surface area (Å²) in [6, 6.07) is 13.0. The van der Waals surface area contributed by atoms with E-state index in [9.17, 15) is 14.4 Å². The second-order valence-corrected chi connectivity index (χ2v) is 9.89. The van der Waals surface area contributed by atoms with Crippen molar-refractivity contribution in [2.24, 2.45) is 5.73 Å². The number of hydrogen-bond acceptors (Lipinski definition) is 9. The van der Waals surface area contributed by atoms with E-state index >= 15 is 4.39 Å². The number of rotatable bonds is 7. The summed E-state index contributed by atoms with van der Waals surface area (Å²) in [6.07, 6.45) is -0.138. The first-order chi connectivity index (χ1) is 18.3. The molecular formula is C27H24F2N6O2S. The van der Waals surface area contributed by atoms with Crippen molar-refractivity contribution >= 4 is 44.7 Å². The maximum atomic E-state index is 15.4. The van der Waals surface area contributed by atoms with Gasteiger partial charge in [0.15, 0.2) is 10.9 Å². The number of hydrogen-bond donors (Lipinski definition) is 1. The third kappa shape index (κ3) is 4.76. The van der Waals surface area contributed by atoms with Gasteiger partial charge in [0.1, 0.15) is 28.0 Å². The Kier molecular flexibility index (Phi) is 6.93. The lowest BCUT2D eigenvalue weighted by molar-refractivity contribution is -0.139. The molecule has 0 bridgehead atoms. The van der Waals surface area contributed by atoms with Gasteiger partial charge in [-0.05, 0) is 49.4 Å². The molecule has 38 heavy (non-hydrogen) atoms. The molecule has 4 aromatic rings. The van der Waals surface area contributed by atoms with Gasteiger partial charge in [-0.25, -0.2) is 18.7 Å². The van der Waals surface area contributed by atoms with Crippen LogP contribution in [0, 0.1) is 23.0 Å².